The third kappa shape index (κ3) is 4.74. The molecule has 0 bridgehead atoms. The molecule has 3 rings (SSSR count). The Morgan fingerprint density at radius 1 is 1.28 bits per heavy atom. The first-order valence-electron chi connectivity index (χ1n) is 10.6. The van der Waals surface area contributed by atoms with Crippen LogP contribution in [0.5, 0.6) is 0 Å². The lowest BCUT2D eigenvalue weighted by molar-refractivity contribution is -0.151. The number of benzene rings is 1. The van der Waals surface area contributed by atoms with Crippen molar-refractivity contribution in [2.75, 3.05) is 25.2 Å². The molecule has 1 aliphatic heterocycles. The molecule has 0 aromatic heterocycles. The zero-order valence-corrected chi connectivity index (χ0v) is 20.3. The molecule has 1 N–H and O–H groups in total. The summed E-state index contributed by atoms with van der Waals surface area (Å²) in [7, 11) is 1.28. The summed E-state index contributed by atoms with van der Waals surface area (Å²) in [6.45, 7) is 5.96. The summed E-state index contributed by atoms with van der Waals surface area (Å²) in [6.07, 6.45) is 0.481. The number of carbonyl (C=O) groups excluding carboxylic acids is 3. The number of methoxy groups -OCH3 is 1. The number of nitrogens with one attached hydrogen (secondary N) is 1. The van der Waals surface area contributed by atoms with Gasteiger partial charge in [-0.1, -0.05) is 43.6 Å². The molecular weight excluding hydrogens is 450 g/mol. The molecule has 0 radical (unpaired) electrons. The second-order valence-electron chi connectivity index (χ2n) is 7.89. The van der Waals surface area contributed by atoms with Gasteiger partial charge in [-0.25, -0.2) is 4.79 Å². The fourth-order valence-corrected chi connectivity index (χ4v) is 5.12. The molecule has 8 heteroatoms. The van der Waals surface area contributed by atoms with E-state index in [0.717, 1.165) is 5.75 Å². The van der Waals surface area contributed by atoms with Crippen molar-refractivity contribution in [1.82, 2.24) is 5.32 Å². The smallest absolute Gasteiger partial charge is 0.336 e. The summed E-state index contributed by atoms with van der Waals surface area (Å²) < 4.78 is 10.5. The van der Waals surface area contributed by atoms with Crippen LogP contribution in [-0.2, 0) is 23.9 Å². The van der Waals surface area contributed by atoms with E-state index in [1.807, 2.05) is 19.9 Å². The van der Waals surface area contributed by atoms with E-state index in [-0.39, 0.29) is 18.3 Å². The van der Waals surface area contributed by atoms with Crippen molar-refractivity contribution < 1.29 is 23.9 Å². The summed E-state index contributed by atoms with van der Waals surface area (Å²) in [6, 6.07) is 7.13. The van der Waals surface area contributed by atoms with Gasteiger partial charge in [-0.15, -0.1) is 0 Å². The lowest BCUT2D eigenvalue weighted by atomic mass is 9.69. The first-order valence-corrected chi connectivity index (χ1v) is 12.2. The third-order valence-corrected chi connectivity index (χ3v) is 7.05. The highest BCUT2D eigenvalue weighted by molar-refractivity contribution is 7.99. The number of carbonyl (C=O) groups is 3. The number of rotatable bonds is 7. The largest absolute Gasteiger partial charge is 0.468 e. The maximum absolute atomic E-state index is 13.6. The Hall–Kier alpha value is -2.25. The topological polar surface area (TPSA) is 81.7 Å². The van der Waals surface area contributed by atoms with Crippen LogP contribution in [0.3, 0.4) is 0 Å². The molecule has 0 saturated carbocycles. The number of Topliss-reactive ketones (excluding diaryl/α,β-unsaturated/α-hetero) is 1. The molecule has 0 spiro atoms. The molecule has 0 amide bonds. The van der Waals surface area contributed by atoms with E-state index < -0.39 is 23.8 Å². The zero-order chi connectivity index (χ0) is 23.4. The van der Waals surface area contributed by atoms with Gasteiger partial charge in [0.25, 0.3) is 0 Å². The average molecular weight is 478 g/mol. The molecular formula is C24H28ClNO5S. The molecule has 1 aromatic rings. The van der Waals surface area contributed by atoms with Gasteiger partial charge in [0.05, 0.1) is 12.7 Å². The molecule has 6 nitrogen and oxygen atoms in total. The Labute approximate surface area is 197 Å². The normalized spacial score (nSPS) is 22.9. The molecule has 0 unspecified atom stereocenters. The predicted octanol–water partition coefficient (Wildman–Crippen LogP) is 4.25. The van der Waals surface area contributed by atoms with Crippen LogP contribution < -0.4 is 5.32 Å². The molecule has 3 atom stereocenters. The van der Waals surface area contributed by atoms with Gasteiger partial charge in [-0.05, 0) is 36.6 Å². The summed E-state index contributed by atoms with van der Waals surface area (Å²) in [4.78, 5) is 39.2. The molecule has 1 aliphatic carbocycles. The number of ketones is 1. The van der Waals surface area contributed by atoms with Crippen molar-refractivity contribution in [3.05, 3.63) is 57.4 Å². The summed E-state index contributed by atoms with van der Waals surface area (Å²) >= 11 is 8.21. The van der Waals surface area contributed by atoms with Crippen LogP contribution in [0.2, 0.25) is 5.02 Å². The van der Waals surface area contributed by atoms with Gasteiger partial charge >= 0.3 is 11.9 Å². The van der Waals surface area contributed by atoms with Crippen LogP contribution >= 0.6 is 23.4 Å². The van der Waals surface area contributed by atoms with Crippen molar-refractivity contribution in [3.8, 4) is 0 Å². The van der Waals surface area contributed by atoms with Crippen LogP contribution in [0.15, 0.2) is 46.8 Å². The summed E-state index contributed by atoms with van der Waals surface area (Å²) in [5.74, 6) is -1.68. The quantitative estimate of drug-likeness (QED) is 0.357. The van der Waals surface area contributed by atoms with Gasteiger partial charge in [0.1, 0.15) is 12.5 Å². The number of allylic oxidation sites excluding steroid dienone is 3. The van der Waals surface area contributed by atoms with E-state index in [1.54, 1.807) is 36.9 Å². The van der Waals surface area contributed by atoms with E-state index in [0.29, 0.717) is 45.3 Å². The number of dihydropyridines is 1. The molecule has 0 saturated heterocycles. The van der Waals surface area contributed by atoms with E-state index >= 15 is 0 Å². The van der Waals surface area contributed by atoms with Gasteiger partial charge in [0, 0.05) is 33.7 Å². The van der Waals surface area contributed by atoms with Crippen molar-refractivity contribution >= 4 is 41.1 Å². The first kappa shape index (κ1) is 24.4. The highest BCUT2D eigenvalue weighted by Gasteiger charge is 2.47. The van der Waals surface area contributed by atoms with Gasteiger partial charge in [0.15, 0.2) is 5.78 Å². The molecule has 32 heavy (non-hydrogen) atoms. The van der Waals surface area contributed by atoms with Crippen molar-refractivity contribution in [3.63, 3.8) is 0 Å². The van der Waals surface area contributed by atoms with E-state index in [4.69, 9.17) is 21.1 Å². The highest BCUT2D eigenvalue weighted by Crippen LogP contribution is 2.46. The molecule has 2 aliphatic rings. The molecule has 1 aromatic carbocycles. The summed E-state index contributed by atoms with van der Waals surface area (Å²) in [5, 5.41) is 3.68. The van der Waals surface area contributed by atoms with Crippen LogP contribution in [0, 0.1) is 11.8 Å². The average Bonchev–Trinajstić information content (AvgIpc) is 2.75. The number of halogens is 1. The van der Waals surface area contributed by atoms with Crippen molar-refractivity contribution in [2.24, 2.45) is 11.8 Å². The third-order valence-electron chi connectivity index (χ3n) is 5.84. The Morgan fingerprint density at radius 2 is 2.00 bits per heavy atom. The minimum absolute atomic E-state index is 0.236. The number of hydrogen-bond donors (Lipinski definition) is 1. The van der Waals surface area contributed by atoms with Crippen LogP contribution in [0.25, 0.3) is 0 Å². The lowest BCUT2D eigenvalue weighted by Gasteiger charge is -2.38. The van der Waals surface area contributed by atoms with Crippen molar-refractivity contribution in [2.45, 2.75) is 33.1 Å². The van der Waals surface area contributed by atoms with E-state index in [9.17, 15) is 14.4 Å². The maximum Gasteiger partial charge on any atom is 0.336 e. The number of thioether (sulfide) groups is 1. The monoisotopic (exact) mass is 477 g/mol. The van der Waals surface area contributed by atoms with Gasteiger partial charge < -0.3 is 14.8 Å². The molecule has 172 valence electrons. The first-order chi connectivity index (χ1) is 15.3. The zero-order valence-electron chi connectivity index (χ0n) is 18.7. The minimum atomic E-state index is -0.929. The van der Waals surface area contributed by atoms with Crippen molar-refractivity contribution in [1.29, 1.82) is 0 Å². The second kappa shape index (κ2) is 10.6. The molecule has 0 fully saturated rings. The fraction of sp³-hybridized carbons (Fsp3) is 0.458. The van der Waals surface area contributed by atoms with Gasteiger partial charge in [0.2, 0.25) is 0 Å². The van der Waals surface area contributed by atoms with Crippen LogP contribution in [0.1, 0.15) is 38.7 Å². The Balaban J connectivity index is 2.09. The number of ether oxygens (including phenoxy) is 2. The van der Waals surface area contributed by atoms with Crippen LogP contribution in [-0.4, -0.2) is 42.9 Å². The van der Waals surface area contributed by atoms with E-state index in [1.165, 1.54) is 7.11 Å². The predicted molar refractivity (Wildman–Crippen MR) is 125 cm³/mol. The minimum Gasteiger partial charge on any atom is -0.468 e. The van der Waals surface area contributed by atoms with E-state index in [2.05, 4.69) is 5.32 Å². The highest BCUT2D eigenvalue weighted by atomic mass is 35.5. The Kier molecular flexibility index (Phi) is 8.06. The van der Waals surface area contributed by atoms with Crippen LogP contribution in [0.4, 0.5) is 0 Å². The Morgan fingerprint density at radius 3 is 2.66 bits per heavy atom. The second-order valence-corrected chi connectivity index (χ2v) is 9.69. The SMILES string of the molecule is CCSCCOC(=O)C1=C(C)NC2=C(C(=O)[C@@H](C(=O)OC)[C@@H](C)C2)[C@@H]1c1ccccc1Cl. The lowest BCUT2D eigenvalue weighted by Crippen LogP contribution is -2.43. The fourth-order valence-electron chi connectivity index (χ4n) is 4.39. The maximum atomic E-state index is 13.6. The number of esters is 2. The summed E-state index contributed by atoms with van der Waals surface area (Å²) in [5.41, 5.74) is 2.68. The molecule has 1 heterocycles. The van der Waals surface area contributed by atoms with Gasteiger partial charge in [-0.2, -0.15) is 11.8 Å². The Bertz CT molecular complexity index is 986. The number of hydrogen-bond acceptors (Lipinski definition) is 7. The van der Waals surface area contributed by atoms with Gasteiger partial charge in [-0.3, -0.25) is 9.59 Å². The standard InChI is InChI=1S/C24H28ClNO5S/c1-5-32-11-10-31-24(29)19-14(3)26-17-12-13(2)18(23(28)30-4)22(27)21(17)20(19)15-8-6-7-9-16(15)25/h6-9,13,18,20,26H,5,10-12H2,1-4H3/t13-,18-,20+/m0/s1.